The molecule has 0 heterocycles. The molecular weight excluding hydrogens is 152 g/mol. The third-order valence-corrected chi connectivity index (χ3v) is 3.64. The highest BCUT2D eigenvalue weighted by atomic mass is 17.1. The average Bonchev–Trinajstić information content (AvgIpc) is 2.17. The monoisotopic (exact) mass is 170 g/mol. The molecule has 0 radical (unpaired) electrons. The molecule has 2 aliphatic rings. The number of fused-ring (bicyclic) bond motifs is 1. The SMILES string of the molecule is OO[C@H]1CCCC2CCCCC21. The minimum atomic E-state index is 0.157. The van der Waals surface area contributed by atoms with Gasteiger partial charge in [-0.3, -0.25) is 5.26 Å². The molecule has 0 aliphatic heterocycles. The van der Waals surface area contributed by atoms with Crippen molar-refractivity contribution in [1.29, 1.82) is 0 Å². The Labute approximate surface area is 73.8 Å². The van der Waals surface area contributed by atoms with Crippen molar-refractivity contribution in [3.8, 4) is 0 Å². The van der Waals surface area contributed by atoms with Crippen molar-refractivity contribution in [1.82, 2.24) is 0 Å². The van der Waals surface area contributed by atoms with Crippen molar-refractivity contribution in [2.45, 2.75) is 51.0 Å². The summed E-state index contributed by atoms with van der Waals surface area (Å²) in [6.07, 6.45) is 9.19. The van der Waals surface area contributed by atoms with Crippen LogP contribution in [-0.2, 0) is 4.89 Å². The van der Waals surface area contributed by atoms with E-state index in [1.807, 2.05) is 0 Å². The van der Waals surface area contributed by atoms with Crippen LogP contribution in [0.3, 0.4) is 0 Å². The van der Waals surface area contributed by atoms with Gasteiger partial charge in [0.15, 0.2) is 0 Å². The summed E-state index contributed by atoms with van der Waals surface area (Å²) >= 11 is 0. The van der Waals surface area contributed by atoms with Gasteiger partial charge in [-0.25, -0.2) is 4.89 Å². The Hall–Kier alpha value is -0.0800. The Kier molecular flexibility index (Phi) is 2.66. The lowest BCUT2D eigenvalue weighted by atomic mass is 9.69. The third-order valence-electron chi connectivity index (χ3n) is 3.64. The summed E-state index contributed by atoms with van der Waals surface area (Å²) in [6.45, 7) is 0. The Morgan fingerprint density at radius 3 is 2.50 bits per heavy atom. The molecule has 0 bridgehead atoms. The highest BCUT2D eigenvalue weighted by Crippen LogP contribution is 2.41. The van der Waals surface area contributed by atoms with E-state index < -0.39 is 0 Å². The topological polar surface area (TPSA) is 29.5 Å². The molecule has 2 unspecified atom stereocenters. The van der Waals surface area contributed by atoms with Crippen LogP contribution >= 0.6 is 0 Å². The molecule has 0 aromatic carbocycles. The van der Waals surface area contributed by atoms with Crippen LogP contribution in [0.1, 0.15) is 44.9 Å². The fraction of sp³-hybridized carbons (Fsp3) is 1.00. The molecule has 2 saturated carbocycles. The second-order valence-electron chi connectivity index (χ2n) is 4.28. The van der Waals surface area contributed by atoms with E-state index in [1.165, 1.54) is 38.5 Å². The van der Waals surface area contributed by atoms with Gasteiger partial charge >= 0.3 is 0 Å². The molecule has 0 amide bonds. The summed E-state index contributed by atoms with van der Waals surface area (Å²) < 4.78 is 0. The summed E-state index contributed by atoms with van der Waals surface area (Å²) in [6, 6.07) is 0. The van der Waals surface area contributed by atoms with Gasteiger partial charge in [-0.2, -0.15) is 0 Å². The molecule has 3 atom stereocenters. The van der Waals surface area contributed by atoms with Crippen LogP contribution in [0.2, 0.25) is 0 Å². The molecule has 2 fully saturated rings. The lowest BCUT2D eigenvalue weighted by Crippen LogP contribution is -2.35. The van der Waals surface area contributed by atoms with Gasteiger partial charge in [0.05, 0.1) is 6.10 Å². The number of rotatable bonds is 1. The van der Waals surface area contributed by atoms with E-state index in [9.17, 15) is 0 Å². The minimum Gasteiger partial charge on any atom is -0.252 e. The lowest BCUT2D eigenvalue weighted by molar-refractivity contribution is -0.301. The van der Waals surface area contributed by atoms with E-state index in [2.05, 4.69) is 4.89 Å². The Morgan fingerprint density at radius 2 is 1.67 bits per heavy atom. The summed E-state index contributed by atoms with van der Waals surface area (Å²) in [5.74, 6) is 1.52. The van der Waals surface area contributed by atoms with Crippen molar-refractivity contribution in [3.05, 3.63) is 0 Å². The van der Waals surface area contributed by atoms with Gasteiger partial charge in [0, 0.05) is 0 Å². The van der Waals surface area contributed by atoms with Gasteiger partial charge in [0.2, 0.25) is 0 Å². The summed E-state index contributed by atoms with van der Waals surface area (Å²) in [4.78, 5) is 4.56. The molecule has 1 N–H and O–H groups in total. The van der Waals surface area contributed by atoms with Crippen molar-refractivity contribution < 1.29 is 10.1 Å². The normalized spacial score (nSPS) is 42.2. The fourth-order valence-electron chi connectivity index (χ4n) is 3.01. The number of hydrogen-bond acceptors (Lipinski definition) is 2. The van der Waals surface area contributed by atoms with Crippen LogP contribution in [0, 0.1) is 11.8 Å². The largest absolute Gasteiger partial charge is 0.252 e. The van der Waals surface area contributed by atoms with E-state index in [-0.39, 0.29) is 6.10 Å². The van der Waals surface area contributed by atoms with Gasteiger partial charge < -0.3 is 0 Å². The second-order valence-corrected chi connectivity index (χ2v) is 4.28. The molecule has 0 spiro atoms. The molecule has 2 heteroatoms. The molecule has 0 aromatic heterocycles. The van der Waals surface area contributed by atoms with Gasteiger partial charge in [0.1, 0.15) is 0 Å². The highest BCUT2D eigenvalue weighted by molar-refractivity contribution is 4.85. The fourth-order valence-corrected chi connectivity index (χ4v) is 3.01. The Bertz CT molecular complexity index is 138. The first-order valence-corrected chi connectivity index (χ1v) is 5.22. The van der Waals surface area contributed by atoms with Crippen molar-refractivity contribution in [3.63, 3.8) is 0 Å². The molecule has 2 nitrogen and oxygen atoms in total. The Balaban J connectivity index is 1.99. The molecule has 2 aliphatic carbocycles. The van der Waals surface area contributed by atoms with E-state index >= 15 is 0 Å². The quantitative estimate of drug-likeness (QED) is 0.484. The van der Waals surface area contributed by atoms with Gasteiger partial charge in [0.25, 0.3) is 0 Å². The maximum atomic E-state index is 8.73. The smallest absolute Gasteiger partial charge is 0.0958 e. The van der Waals surface area contributed by atoms with Gasteiger partial charge in [-0.05, 0) is 31.1 Å². The third kappa shape index (κ3) is 1.50. The molecule has 0 aromatic rings. The van der Waals surface area contributed by atoms with Crippen LogP contribution in [0.25, 0.3) is 0 Å². The van der Waals surface area contributed by atoms with E-state index in [0.29, 0.717) is 5.92 Å². The average molecular weight is 170 g/mol. The van der Waals surface area contributed by atoms with Crippen molar-refractivity contribution in [2.75, 3.05) is 0 Å². The zero-order valence-corrected chi connectivity index (χ0v) is 7.54. The summed E-state index contributed by atoms with van der Waals surface area (Å²) in [5, 5.41) is 8.73. The van der Waals surface area contributed by atoms with Crippen LogP contribution < -0.4 is 0 Å². The maximum absolute atomic E-state index is 8.73. The first-order chi connectivity index (χ1) is 5.92. The van der Waals surface area contributed by atoms with Crippen LogP contribution in [0.15, 0.2) is 0 Å². The van der Waals surface area contributed by atoms with Crippen molar-refractivity contribution in [2.24, 2.45) is 11.8 Å². The van der Waals surface area contributed by atoms with Gasteiger partial charge in [-0.15, -0.1) is 0 Å². The van der Waals surface area contributed by atoms with E-state index in [4.69, 9.17) is 5.26 Å². The summed E-state index contributed by atoms with van der Waals surface area (Å²) in [7, 11) is 0. The second kappa shape index (κ2) is 3.75. The molecule has 2 rings (SSSR count). The highest BCUT2D eigenvalue weighted by Gasteiger charge is 2.35. The minimum absolute atomic E-state index is 0.157. The standard InChI is InChI=1S/C10H18O2/c11-12-10-7-3-5-8-4-1-2-6-9(8)10/h8-11H,1-7H2/t8?,9?,10-/m0/s1. The predicted molar refractivity (Wildman–Crippen MR) is 46.8 cm³/mol. The van der Waals surface area contributed by atoms with E-state index in [0.717, 1.165) is 12.3 Å². The lowest BCUT2D eigenvalue weighted by Gasteiger charge is -2.39. The van der Waals surface area contributed by atoms with Gasteiger partial charge in [-0.1, -0.05) is 25.7 Å². The Morgan fingerprint density at radius 1 is 0.917 bits per heavy atom. The van der Waals surface area contributed by atoms with Crippen LogP contribution in [-0.4, -0.2) is 11.4 Å². The summed E-state index contributed by atoms with van der Waals surface area (Å²) in [5.41, 5.74) is 0. The van der Waals surface area contributed by atoms with E-state index in [1.54, 1.807) is 0 Å². The molecule has 0 saturated heterocycles. The molecule has 70 valence electrons. The van der Waals surface area contributed by atoms with Crippen LogP contribution in [0.4, 0.5) is 0 Å². The first kappa shape index (κ1) is 8.52. The maximum Gasteiger partial charge on any atom is 0.0958 e. The predicted octanol–water partition coefficient (Wildman–Crippen LogP) is 2.83. The number of hydrogen-bond donors (Lipinski definition) is 1. The van der Waals surface area contributed by atoms with Crippen molar-refractivity contribution >= 4 is 0 Å². The van der Waals surface area contributed by atoms with Crippen LogP contribution in [0.5, 0.6) is 0 Å². The first-order valence-electron chi connectivity index (χ1n) is 5.22. The molecule has 12 heavy (non-hydrogen) atoms. The molecular formula is C10H18O2. The zero-order chi connectivity index (χ0) is 8.39. The zero-order valence-electron chi connectivity index (χ0n) is 7.54.